The number of alkyl carbamates (subject to hydrolysis) is 1. The van der Waals surface area contributed by atoms with Crippen LogP contribution >= 0.6 is 11.8 Å². The summed E-state index contributed by atoms with van der Waals surface area (Å²) < 4.78 is 5.55. The fraction of sp³-hybridized carbons (Fsp3) is 0.500. The minimum absolute atomic E-state index is 0.284. The Bertz CT molecular complexity index is 1450. The average Bonchev–Trinajstić information content (AvgIpc) is 3.00. The zero-order valence-corrected chi connectivity index (χ0v) is 29.6. The van der Waals surface area contributed by atoms with Crippen LogP contribution in [0.2, 0.25) is 0 Å². The summed E-state index contributed by atoms with van der Waals surface area (Å²) in [5, 5.41) is 8.08. The molecule has 0 bridgehead atoms. The van der Waals surface area contributed by atoms with Crippen LogP contribution in [0.25, 0.3) is 10.8 Å². The highest BCUT2D eigenvalue weighted by atomic mass is 32.2. The quantitative estimate of drug-likeness (QED) is 0.152. The molecule has 2 N–H and O–H groups in total. The van der Waals surface area contributed by atoms with E-state index in [0.717, 1.165) is 59.6 Å². The molecule has 7 nitrogen and oxygen atoms in total. The van der Waals surface area contributed by atoms with Crippen LogP contribution in [-0.2, 0) is 14.3 Å². The van der Waals surface area contributed by atoms with Crippen LogP contribution in [-0.4, -0.2) is 53.0 Å². The molecule has 250 valence electrons. The lowest BCUT2D eigenvalue weighted by atomic mass is 9.95. The number of thioether (sulfide) groups is 1. The van der Waals surface area contributed by atoms with Gasteiger partial charge in [-0.2, -0.15) is 11.8 Å². The zero-order valence-electron chi connectivity index (χ0n) is 28.8. The number of unbranched alkanes of at least 4 members (excludes halogenated alkanes) is 5. The number of carbonyl (C=O) groups excluding carboxylic acids is 3. The summed E-state index contributed by atoms with van der Waals surface area (Å²) >= 11 is 1.60. The van der Waals surface area contributed by atoms with E-state index >= 15 is 0 Å². The molecular formula is C38H53N3O4S. The number of nitrogens with one attached hydrogen (secondary N) is 2. The van der Waals surface area contributed by atoms with E-state index in [2.05, 4.69) is 17.6 Å². The van der Waals surface area contributed by atoms with Gasteiger partial charge < -0.3 is 20.3 Å². The Morgan fingerprint density at radius 2 is 1.59 bits per heavy atom. The van der Waals surface area contributed by atoms with E-state index in [1.165, 1.54) is 6.42 Å². The van der Waals surface area contributed by atoms with Gasteiger partial charge in [-0.05, 0) is 93.5 Å². The van der Waals surface area contributed by atoms with Crippen molar-refractivity contribution in [2.75, 3.05) is 23.9 Å². The molecule has 3 rings (SSSR count). The van der Waals surface area contributed by atoms with Gasteiger partial charge in [0.2, 0.25) is 5.91 Å². The van der Waals surface area contributed by atoms with Crippen LogP contribution in [0.3, 0.4) is 0 Å². The Balaban J connectivity index is 2.04. The number of amides is 3. The SMILES string of the molecule is CCCCCCCCN(C(=O)C(CCSC)NC(=O)OC(C)(C)C)C(C(=O)Nc1ccc2ccccc2c1)c1cc(C)ccc1C. The van der Waals surface area contributed by atoms with Crippen molar-refractivity contribution in [1.82, 2.24) is 10.2 Å². The second-order valence-corrected chi connectivity index (χ2v) is 14.1. The van der Waals surface area contributed by atoms with Gasteiger partial charge in [-0.15, -0.1) is 0 Å². The van der Waals surface area contributed by atoms with E-state index in [9.17, 15) is 14.4 Å². The largest absolute Gasteiger partial charge is 0.444 e. The minimum Gasteiger partial charge on any atom is -0.444 e. The summed E-state index contributed by atoms with van der Waals surface area (Å²) in [6, 6.07) is 18.1. The summed E-state index contributed by atoms with van der Waals surface area (Å²) in [7, 11) is 0. The van der Waals surface area contributed by atoms with Gasteiger partial charge in [-0.3, -0.25) is 9.59 Å². The summed E-state index contributed by atoms with van der Waals surface area (Å²) in [5.41, 5.74) is 2.65. The fourth-order valence-electron chi connectivity index (χ4n) is 5.55. The first-order valence-electron chi connectivity index (χ1n) is 16.6. The zero-order chi connectivity index (χ0) is 33.7. The lowest BCUT2D eigenvalue weighted by Crippen LogP contribution is -2.53. The number of benzene rings is 3. The average molecular weight is 648 g/mol. The minimum atomic E-state index is -0.897. The lowest BCUT2D eigenvalue weighted by molar-refractivity contribution is -0.141. The number of hydrogen-bond donors (Lipinski definition) is 2. The summed E-state index contributed by atoms with van der Waals surface area (Å²) in [6.45, 7) is 11.9. The molecule has 3 aromatic rings. The molecule has 0 fully saturated rings. The third kappa shape index (κ3) is 11.4. The number of hydrogen-bond acceptors (Lipinski definition) is 5. The van der Waals surface area contributed by atoms with Gasteiger partial charge in [-0.25, -0.2) is 4.79 Å². The van der Waals surface area contributed by atoms with E-state index in [4.69, 9.17) is 4.74 Å². The summed E-state index contributed by atoms with van der Waals surface area (Å²) in [5.74, 6) is 0.0892. The van der Waals surface area contributed by atoms with Crippen LogP contribution in [0.1, 0.15) is 95.4 Å². The van der Waals surface area contributed by atoms with Crippen LogP contribution in [0.15, 0.2) is 60.7 Å². The maximum Gasteiger partial charge on any atom is 0.408 e. The Labute approximate surface area is 280 Å². The van der Waals surface area contributed by atoms with Crippen LogP contribution < -0.4 is 10.6 Å². The first-order chi connectivity index (χ1) is 21.9. The Morgan fingerprint density at radius 3 is 2.28 bits per heavy atom. The van der Waals surface area contributed by atoms with E-state index in [1.54, 1.807) is 37.4 Å². The molecule has 0 saturated carbocycles. The summed E-state index contributed by atoms with van der Waals surface area (Å²) in [6.07, 6.45) is 7.99. The molecule has 46 heavy (non-hydrogen) atoms. The molecule has 0 saturated heterocycles. The molecule has 0 heterocycles. The van der Waals surface area contributed by atoms with Gasteiger partial charge in [-0.1, -0.05) is 93.1 Å². The third-order valence-electron chi connectivity index (χ3n) is 7.94. The van der Waals surface area contributed by atoms with Crippen molar-refractivity contribution in [1.29, 1.82) is 0 Å². The normalized spacial score (nSPS) is 12.8. The van der Waals surface area contributed by atoms with Gasteiger partial charge in [0.25, 0.3) is 5.91 Å². The molecule has 2 unspecified atom stereocenters. The predicted molar refractivity (Wildman–Crippen MR) is 192 cm³/mol. The van der Waals surface area contributed by atoms with Crippen molar-refractivity contribution in [2.24, 2.45) is 0 Å². The van der Waals surface area contributed by atoms with Crippen LogP contribution in [0, 0.1) is 13.8 Å². The first-order valence-corrected chi connectivity index (χ1v) is 18.0. The van der Waals surface area contributed by atoms with Gasteiger partial charge in [0.15, 0.2) is 0 Å². The molecule has 2 atom stereocenters. The predicted octanol–water partition coefficient (Wildman–Crippen LogP) is 8.97. The molecule has 0 aliphatic carbocycles. The number of ether oxygens (including phenoxy) is 1. The summed E-state index contributed by atoms with van der Waals surface area (Å²) in [4.78, 5) is 43.7. The van der Waals surface area contributed by atoms with E-state index in [-0.39, 0.29) is 11.8 Å². The van der Waals surface area contributed by atoms with E-state index < -0.39 is 23.8 Å². The van der Waals surface area contributed by atoms with Crippen molar-refractivity contribution in [2.45, 2.75) is 104 Å². The number of anilines is 1. The molecule has 0 aromatic heterocycles. The van der Waals surface area contributed by atoms with E-state index in [0.29, 0.717) is 24.4 Å². The maximum atomic E-state index is 14.6. The van der Waals surface area contributed by atoms with Crippen molar-refractivity contribution in [3.63, 3.8) is 0 Å². The Morgan fingerprint density at radius 1 is 0.891 bits per heavy atom. The fourth-order valence-corrected chi connectivity index (χ4v) is 6.03. The highest BCUT2D eigenvalue weighted by molar-refractivity contribution is 7.98. The highest BCUT2D eigenvalue weighted by Gasteiger charge is 2.36. The topological polar surface area (TPSA) is 87.7 Å². The van der Waals surface area contributed by atoms with Crippen molar-refractivity contribution in [3.05, 3.63) is 77.4 Å². The Hall–Kier alpha value is -3.52. The number of carbonyl (C=O) groups is 3. The van der Waals surface area contributed by atoms with Gasteiger partial charge in [0.05, 0.1) is 0 Å². The first kappa shape index (κ1) is 36.9. The molecule has 0 radical (unpaired) electrons. The molecule has 0 aliphatic rings. The smallest absolute Gasteiger partial charge is 0.408 e. The van der Waals surface area contributed by atoms with E-state index in [1.807, 2.05) is 80.8 Å². The third-order valence-corrected chi connectivity index (χ3v) is 8.59. The van der Waals surface area contributed by atoms with Gasteiger partial charge in [0.1, 0.15) is 17.7 Å². The molecule has 3 aromatic carbocycles. The van der Waals surface area contributed by atoms with Gasteiger partial charge >= 0.3 is 6.09 Å². The number of nitrogens with zero attached hydrogens (tertiary/aromatic N) is 1. The molecule has 8 heteroatoms. The number of rotatable bonds is 16. The van der Waals surface area contributed by atoms with Crippen LogP contribution in [0.4, 0.5) is 10.5 Å². The standard InChI is InChI=1S/C38H53N3O4S/c1-8-9-10-11-12-15-23-41(36(43)33(22-24-46-7)40-37(44)45-38(4,5)6)34(32-25-27(2)18-19-28(32)3)35(42)39-31-21-20-29-16-13-14-17-30(29)26-31/h13-14,16-21,25-26,33-34H,8-12,15,22-24H2,1-7H3,(H,39,42)(H,40,44). The molecule has 3 amide bonds. The highest BCUT2D eigenvalue weighted by Crippen LogP contribution is 2.30. The maximum absolute atomic E-state index is 14.6. The number of fused-ring (bicyclic) bond motifs is 1. The van der Waals surface area contributed by atoms with Gasteiger partial charge in [0, 0.05) is 12.2 Å². The van der Waals surface area contributed by atoms with Crippen molar-refractivity contribution in [3.8, 4) is 0 Å². The second-order valence-electron chi connectivity index (χ2n) is 13.1. The van der Waals surface area contributed by atoms with Crippen molar-refractivity contribution < 1.29 is 19.1 Å². The monoisotopic (exact) mass is 647 g/mol. The second kappa shape index (κ2) is 18.0. The number of aryl methyl sites for hydroxylation is 2. The Kier molecular flexibility index (Phi) is 14.4. The molecule has 0 aliphatic heterocycles. The molecular weight excluding hydrogens is 595 g/mol. The lowest BCUT2D eigenvalue weighted by Gasteiger charge is -2.35. The van der Waals surface area contributed by atoms with Crippen LogP contribution in [0.5, 0.6) is 0 Å². The molecule has 0 spiro atoms. The van der Waals surface area contributed by atoms with Crippen molar-refractivity contribution >= 4 is 46.1 Å².